The molecule has 5 nitrogen and oxygen atoms in total. The summed E-state index contributed by atoms with van der Waals surface area (Å²) in [5, 5.41) is 13.6. The summed E-state index contributed by atoms with van der Waals surface area (Å²) in [6.45, 7) is 0. The van der Waals surface area contributed by atoms with E-state index in [0.717, 1.165) is 0 Å². The molecule has 0 aliphatic rings. The van der Waals surface area contributed by atoms with Gasteiger partial charge in [0, 0.05) is 18.7 Å². The van der Waals surface area contributed by atoms with E-state index in [1.165, 1.54) is 18.2 Å². The normalized spacial score (nSPS) is 10.3. The highest BCUT2D eigenvalue weighted by molar-refractivity contribution is 9.10. The average Bonchev–Trinajstić information content (AvgIpc) is 2.41. The van der Waals surface area contributed by atoms with Crippen molar-refractivity contribution in [1.82, 2.24) is 4.98 Å². The first-order valence-corrected chi connectivity index (χ1v) is 6.11. The Morgan fingerprint density at radius 2 is 2.16 bits per heavy atom. The van der Waals surface area contributed by atoms with Crippen LogP contribution < -0.4 is 5.32 Å². The molecule has 0 aliphatic heterocycles. The Labute approximate surface area is 116 Å². The molecule has 0 fully saturated rings. The predicted octanol–water partition coefficient (Wildman–Crippen LogP) is 3.60. The monoisotopic (exact) mass is 325 g/mol. The molecule has 0 unspecified atom stereocenters. The molecule has 0 amide bonds. The Morgan fingerprint density at radius 3 is 2.79 bits per heavy atom. The summed E-state index contributed by atoms with van der Waals surface area (Å²) in [6, 6.07) is 7.24. The van der Waals surface area contributed by atoms with Crippen LogP contribution in [0.5, 0.6) is 0 Å². The van der Waals surface area contributed by atoms with Gasteiger partial charge in [-0.15, -0.1) is 0 Å². The molecule has 98 valence electrons. The smallest absolute Gasteiger partial charge is 0.275 e. The maximum Gasteiger partial charge on any atom is 0.275 e. The number of rotatable bonds is 3. The van der Waals surface area contributed by atoms with Gasteiger partial charge in [-0.2, -0.15) is 0 Å². The lowest BCUT2D eigenvalue weighted by Crippen LogP contribution is -1.98. The van der Waals surface area contributed by atoms with Crippen LogP contribution in [0.2, 0.25) is 0 Å². The van der Waals surface area contributed by atoms with Crippen LogP contribution >= 0.6 is 15.9 Å². The fourth-order valence-electron chi connectivity index (χ4n) is 1.59. The summed E-state index contributed by atoms with van der Waals surface area (Å²) in [5.41, 5.74) is 0.264. The molecule has 2 rings (SSSR count). The van der Waals surface area contributed by atoms with E-state index in [2.05, 4.69) is 26.2 Å². The molecule has 1 aromatic carbocycles. The molecule has 1 N–H and O–H groups in total. The lowest BCUT2D eigenvalue weighted by Gasteiger charge is -2.06. The van der Waals surface area contributed by atoms with Crippen molar-refractivity contribution in [2.45, 2.75) is 0 Å². The van der Waals surface area contributed by atoms with Gasteiger partial charge in [0.25, 0.3) is 5.69 Å². The minimum atomic E-state index is -0.540. The molecule has 1 aromatic heterocycles. The van der Waals surface area contributed by atoms with Gasteiger partial charge in [-0.3, -0.25) is 10.1 Å². The Balaban J connectivity index is 2.64. The lowest BCUT2D eigenvalue weighted by molar-refractivity contribution is -0.384. The third-order valence-corrected chi connectivity index (χ3v) is 3.12. The highest BCUT2D eigenvalue weighted by Gasteiger charge is 2.15. The molecule has 2 aromatic rings. The average molecular weight is 326 g/mol. The van der Waals surface area contributed by atoms with Gasteiger partial charge in [-0.25, -0.2) is 9.37 Å². The molecule has 19 heavy (non-hydrogen) atoms. The third kappa shape index (κ3) is 2.70. The standard InChI is InChI=1S/C12H9BrFN3O2/c1-15-11-6-7(17(18)19)5-10(16-11)8-3-2-4-9(13)12(8)14/h2-6H,1H3,(H,15,16). The zero-order chi connectivity index (χ0) is 14.0. The fourth-order valence-corrected chi connectivity index (χ4v) is 1.96. The molecule has 7 heteroatoms. The van der Waals surface area contributed by atoms with Crippen LogP contribution in [0.4, 0.5) is 15.9 Å². The first-order chi connectivity index (χ1) is 9.02. The van der Waals surface area contributed by atoms with Crippen molar-refractivity contribution in [3.05, 3.63) is 50.7 Å². The van der Waals surface area contributed by atoms with E-state index in [0.29, 0.717) is 5.82 Å². The second-order valence-corrected chi connectivity index (χ2v) is 4.56. The van der Waals surface area contributed by atoms with Crippen molar-refractivity contribution in [2.75, 3.05) is 12.4 Å². The summed E-state index contributed by atoms with van der Waals surface area (Å²) >= 11 is 3.07. The van der Waals surface area contributed by atoms with E-state index in [1.807, 2.05) is 0 Å². The second kappa shape index (κ2) is 5.31. The maximum absolute atomic E-state index is 14.0. The van der Waals surface area contributed by atoms with Crippen LogP contribution in [0.15, 0.2) is 34.8 Å². The molecule has 0 radical (unpaired) electrons. The highest BCUT2D eigenvalue weighted by atomic mass is 79.9. The van der Waals surface area contributed by atoms with Gasteiger partial charge in [0.2, 0.25) is 0 Å². The van der Waals surface area contributed by atoms with Gasteiger partial charge >= 0.3 is 0 Å². The number of aromatic nitrogens is 1. The number of hydrogen-bond donors (Lipinski definition) is 1. The summed E-state index contributed by atoms with van der Waals surface area (Å²) < 4.78 is 14.3. The largest absolute Gasteiger partial charge is 0.373 e. The van der Waals surface area contributed by atoms with Crippen LogP contribution in [0.1, 0.15) is 0 Å². The first kappa shape index (κ1) is 13.4. The van der Waals surface area contributed by atoms with Crippen LogP contribution in [0, 0.1) is 15.9 Å². The number of benzene rings is 1. The highest BCUT2D eigenvalue weighted by Crippen LogP contribution is 2.30. The number of nitro groups is 1. The number of anilines is 1. The van der Waals surface area contributed by atoms with E-state index in [9.17, 15) is 14.5 Å². The molecule has 0 saturated carbocycles. The first-order valence-electron chi connectivity index (χ1n) is 5.31. The van der Waals surface area contributed by atoms with E-state index < -0.39 is 10.7 Å². The van der Waals surface area contributed by atoms with Crippen molar-refractivity contribution in [2.24, 2.45) is 0 Å². The van der Waals surface area contributed by atoms with Crippen molar-refractivity contribution in [1.29, 1.82) is 0 Å². The predicted molar refractivity (Wildman–Crippen MR) is 73.5 cm³/mol. The van der Waals surface area contributed by atoms with Crippen LogP contribution in [0.25, 0.3) is 11.3 Å². The van der Waals surface area contributed by atoms with Gasteiger partial charge in [0.05, 0.1) is 21.2 Å². The summed E-state index contributed by atoms with van der Waals surface area (Å²) in [6.07, 6.45) is 0. The third-order valence-electron chi connectivity index (χ3n) is 2.50. The maximum atomic E-state index is 14.0. The minimum absolute atomic E-state index is 0.145. The second-order valence-electron chi connectivity index (χ2n) is 3.70. The van der Waals surface area contributed by atoms with Gasteiger partial charge in [0.1, 0.15) is 11.6 Å². The fraction of sp³-hybridized carbons (Fsp3) is 0.0833. The van der Waals surface area contributed by atoms with Gasteiger partial charge in [-0.1, -0.05) is 6.07 Å². The zero-order valence-electron chi connectivity index (χ0n) is 9.85. The molecule has 0 saturated heterocycles. The Bertz CT molecular complexity index is 649. The topological polar surface area (TPSA) is 68.1 Å². The molecular weight excluding hydrogens is 317 g/mol. The molecule has 1 heterocycles. The number of halogens is 2. The quantitative estimate of drug-likeness (QED) is 0.691. The Morgan fingerprint density at radius 1 is 1.42 bits per heavy atom. The van der Waals surface area contributed by atoms with Gasteiger partial charge < -0.3 is 5.32 Å². The summed E-state index contributed by atoms with van der Waals surface area (Å²) in [5.74, 6) is -0.193. The Hall–Kier alpha value is -2.02. The van der Waals surface area contributed by atoms with Crippen molar-refractivity contribution < 1.29 is 9.31 Å². The van der Waals surface area contributed by atoms with E-state index in [4.69, 9.17) is 0 Å². The lowest BCUT2D eigenvalue weighted by atomic mass is 10.1. The summed E-state index contributed by atoms with van der Waals surface area (Å²) in [4.78, 5) is 14.4. The molecule has 0 bridgehead atoms. The van der Waals surface area contributed by atoms with E-state index in [1.54, 1.807) is 19.2 Å². The van der Waals surface area contributed by atoms with Gasteiger partial charge in [0.15, 0.2) is 0 Å². The Kier molecular flexibility index (Phi) is 3.75. The summed E-state index contributed by atoms with van der Waals surface area (Å²) in [7, 11) is 1.59. The van der Waals surface area contributed by atoms with E-state index >= 15 is 0 Å². The molecule has 0 spiro atoms. The van der Waals surface area contributed by atoms with Crippen LogP contribution in [-0.4, -0.2) is 17.0 Å². The van der Waals surface area contributed by atoms with Crippen LogP contribution in [-0.2, 0) is 0 Å². The number of nitrogens with one attached hydrogen (secondary N) is 1. The SMILES string of the molecule is CNc1cc([N+](=O)[O-])cc(-c2cccc(Br)c2F)n1. The number of pyridine rings is 1. The van der Waals surface area contributed by atoms with Crippen molar-refractivity contribution >= 4 is 27.4 Å². The van der Waals surface area contributed by atoms with Crippen molar-refractivity contribution in [3.8, 4) is 11.3 Å². The molecular formula is C12H9BrFN3O2. The van der Waals surface area contributed by atoms with Crippen LogP contribution in [0.3, 0.4) is 0 Å². The minimum Gasteiger partial charge on any atom is -0.373 e. The van der Waals surface area contributed by atoms with Crippen molar-refractivity contribution in [3.63, 3.8) is 0 Å². The number of hydrogen-bond acceptors (Lipinski definition) is 4. The van der Waals surface area contributed by atoms with Gasteiger partial charge in [-0.05, 0) is 28.1 Å². The zero-order valence-corrected chi connectivity index (χ0v) is 11.4. The molecule has 0 atom stereocenters. The number of nitrogens with zero attached hydrogens (tertiary/aromatic N) is 2. The molecule has 0 aliphatic carbocycles. The van der Waals surface area contributed by atoms with E-state index in [-0.39, 0.29) is 21.4 Å².